The predicted molar refractivity (Wildman–Crippen MR) is 74.4 cm³/mol. The number of hydrogen-bond donors (Lipinski definition) is 1. The third kappa shape index (κ3) is 2.98. The summed E-state index contributed by atoms with van der Waals surface area (Å²) in [5.41, 5.74) is 0.0573. The van der Waals surface area contributed by atoms with Crippen LogP contribution in [0.5, 0.6) is 0 Å². The van der Waals surface area contributed by atoms with Crippen LogP contribution in [-0.4, -0.2) is 35.1 Å². The summed E-state index contributed by atoms with van der Waals surface area (Å²) < 4.78 is 14.4. The molecule has 0 aliphatic carbocycles. The van der Waals surface area contributed by atoms with Crippen LogP contribution in [0.25, 0.3) is 0 Å². The van der Waals surface area contributed by atoms with Crippen LogP contribution in [0.4, 0.5) is 4.39 Å². The van der Waals surface area contributed by atoms with Crippen molar-refractivity contribution in [3.05, 3.63) is 34.1 Å². The van der Waals surface area contributed by atoms with Gasteiger partial charge in [0.25, 0.3) is 5.91 Å². The number of hydrogen-bond acceptors (Lipinski definition) is 2. The molecule has 3 nitrogen and oxygen atoms in total. The standard InChI is InChI=1S/C14H17BrFNO2/c1-9-3-2-6-17(13(9)8-18)14(19)11-7-10(15)4-5-12(11)16/h4-5,7,9,13,18H,2-3,6,8H2,1H3. The number of likely N-dealkylation sites (tertiary alicyclic amines) is 1. The molecule has 0 bridgehead atoms. The molecule has 1 fully saturated rings. The number of nitrogens with zero attached hydrogens (tertiary/aromatic N) is 1. The van der Waals surface area contributed by atoms with Gasteiger partial charge in [0.1, 0.15) is 5.82 Å². The number of piperidine rings is 1. The molecule has 2 atom stereocenters. The first kappa shape index (κ1) is 14.5. The van der Waals surface area contributed by atoms with Crippen LogP contribution < -0.4 is 0 Å². The summed E-state index contributed by atoms with van der Waals surface area (Å²) in [6.07, 6.45) is 1.87. The van der Waals surface area contributed by atoms with Gasteiger partial charge in [-0.25, -0.2) is 4.39 Å². The van der Waals surface area contributed by atoms with Crippen LogP contribution in [0.2, 0.25) is 0 Å². The highest BCUT2D eigenvalue weighted by molar-refractivity contribution is 9.10. The molecule has 1 N–H and O–H groups in total. The Bertz CT molecular complexity index is 481. The Morgan fingerprint density at radius 2 is 2.32 bits per heavy atom. The van der Waals surface area contributed by atoms with E-state index in [9.17, 15) is 14.3 Å². The highest BCUT2D eigenvalue weighted by atomic mass is 79.9. The fraction of sp³-hybridized carbons (Fsp3) is 0.500. The van der Waals surface area contributed by atoms with Gasteiger partial charge in [-0.1, -0.05) is 22.9 Å². The van der Waals surface area contributed by atoms with E-state index in [1.54, 1.807) is 11.0 Å². The molecule has 1 aliphatic rings. The van der Waals surface area contributed by atoms with E-state index in [1.165, 1.54) is 12.1 Å². The average molecular weight is 330 g/mol. The van der Waals surface area contributed by atoms with Gasteiger partial charge in [-0.05, 0) is 37.0 Å². The van der Waals surface area contributed by atoms with Gasteiger partial charge in [0.15, 0.2) is 0 Å². The molecule has 0 saturated carbocycles. The number of benzene rings is 1. The zero-order chi connectivity index (χ0) is 14.0. The van der Waals surface area contributed by atoms with E-state index in [1.807, 2.05) is 6.92 Å². The van der Waals surface area contributed by atoms with E-state index < -0.39 is 5.82 Å². The molecule has 0 spiro atoms. The van der Waals surface area contributed by atoms with Crippen molar-refractivity contribution in [2.45, 2.75) is 25.8 Å². The van der Waals surface area contributed by atoms with E-state index >= 15 is 0 Å². The molecule has 1 amide bonds. The lowest BCUT2D eigenvalue weighted by Gasteiger charge is -2.39. The molecule has 0 radical (unpaired) electrons. The molecule has 1 heterocycles. The highest BCUT2D eigenvalue weighted by Crippen LogP contribution is 2.26. The second kappa shape index (κ2) is 6.01. The minimum atomic E-state index is -0.525. The Balaban J connectivity index is 2.29. The molecular formula is C14H17BrFNO2. The van der Waals surface area contributed by atoms with Crippen molar-refractivity contribution in [1.82, 2.24) is 4.90 Å². The van der Waals surface area contributed by atoms with E-state index in [0.717, 1.165) is 12.8 Å². The fourth-order valence-electron chi connectivity index (χ4n) is 2.60. The van der Waals surface area contributed by atoms with Gasteiger partial charge in [0, 0.05) is 11.0 Å². The molecule has 19 heavy (non-hydrogen) atoms. The van der Waals surface area contributed by atoms with E-state index in [4.69, 9.17) is 0 Å². The third-order valence-corrected chi connectivity index (χ3v) is 4.22. The number of carbonyl (C=O) groups excluding carboxylic acids is 1. The van der Waals surface area contributed by atoms with Crippen LogP contribution in [0, 0.1) is 11.7 Å². The zero-order valence-corrected chi connectivity index (χ0v) is 12.4. The normalized spacial score (nSPS) is 23.5. The van der Waals surface area contributed by atoms with Crippen LogP contribution in [0.15, 0.2) is 22.7 Å². The van der Waals surface area contributed by atoms with Crippen molar-refractivity contribution < 1.29 is 14.3 Å². The monoisotopic (exact) mass is 329 g/mol. The first-order valence-electron chi connectivity index (χ1n) is 6.41. The molecule has 104 valence electrons. The topological polar surface area (TPSA) is 40.5 Å². The second-order valence-corrected chi connectivity index (χ2v) is 5.91. The van der Waals surface area contributed by atoms with Crippen LogP contribution in [0.3, 0.4) is 0 Å². The van der Waals surface area contributed by atoms with E-state index in [2.05, 4.69) is 15.9 Å². The number of rotatable bonds is 2. The summed E-state index contributed by atoms with van der Waals surface area (Å²) in [4.78, 5) is 14.0. The van der Waals surface area contributed by atoms with Crippen LogP contribution >= 0.6 is 15.9 Å². The Morgan fingerprint density at radius 1 is 1.58 bits per heavy atom. The van der Waals surface area contributed by atoms with Crippen molar-refractivity contribution in [3.63, 3.8) is 0 Å². The maximum absolute atomic E-state index is 13.8. The number of carbonyl (C=O) groups is 1. The summed E-state index contributed by atoms with van der Waals surface area (Å²) in [7, 11) is 0. The van der Waals surface area contributed by atoms with Crippen molar-refractivity contribution in [2.24, 2.45) is 5.92 Å². The highest BCUT2D eigenvalue weighted by Gasteiger charge is 2.32. The third-order valence-electron chi connectivity index (χ3n) is 3.72. The zero-order valence-electron chi connectivity index (χ0n) is 10.8. The van der Waals surface area contributed by atoms with Gasteiger partial charge in [0.2, 0.25) is 0 Å². The largest absolute Gasteiger partial charge is 0.394 e. The van der Waals surface area contributed by atoms with E-state index in [-0.39, 0.29) is 30.0 Å². The molecule has 0 aromatic heterocycles. The van der Waals surface area contributed by atoms with Gasteiger partial charge in [-0.15, -0.1) is 0 Å². The number of aliphatic hydroxyl groups excluding tert-OH is 1. The second-order valence-electron chi connectivity index (χ2n) is 4.99. The van der Waals surface area contributed by atoms with Gasteiger partial charge in [-0.2, -0.15) is 0 Å². The summed E-state index contributed by atoms with van der Waals surface area (Å²) in [6, 6.07) is 4.11. The molecule has 2 unspecified atom stereocenters. The minimum absolute atomic E-state index is 0.0573. The molecular weight excluding hydrogens is 313 g/mol. The first-order chi connectivity index (χ1) is 9.04. The van der Waals surface area contributed by atoms with E-state index in [0.29, 0.717) is 11.0 Å². The van der Waals surface area contributed by atoms with Gasteiger partial charge < -0.3 is 10.0 Å². The number of amides is 1. The molecule has 2 rings (SSSR count). The van der Waals surface area contributed by atoms with Crippen molar-refractivity contribution >= 4 is 21.8 Å². The van der Waals surface area contributed by atoms with Crippen LogP contribution in [0.1, 0.15) is 30.1 Å². The molecule has 1 aliphatic heterocycles. The maximum atomic E-state index is 13.8. The molecule has 5 heteroatoms. The van der Waals surface area contributed by atoms with Crippen molar-refractivity contribution in [2.75, 3.05) is 13.2 Å². The Labute approximate surface area is 120 Å². The summed E-state index contributed by atoms with van der Waals surface area (Å²) in [5.74, 6) is -0.634. The lowest BCUT2D eigenvalue weighted by Crippen LogP contribution is -2.49. The predicted octanol–water partition coefficient (Wildman–Crippen LogP) is 2.82. The summed E-state index contributed by atoms with van der Waals surface area (Å²) in [5, 5.41) is 9.45. The SMILES string of the molecule is CC1CCCN(C(=O)c2cc(Br)ccc2F)C1CO. The average Bonchev–Trinajstić information content (AvgIpc) is 2.40. The smallest absolute Gasteiger partial charge is 0.257 e. The molecule has 1 saturated heterocycles. The Hall–Kier alpha value is -0.940. The van der Waals surface area contributed by atoms with Gasteiger partial charge >= 0.3 is 0 Å². The summed E-state index contributed by atoms with van der Waals surface area (Å²) >= 11 is 3.25. The first-order valence-corrected chi connectivity index (χ1v) is 7.20. The Morgan fingerprint density at radius 3 is 3.00 bits per heavy atom. The lowest BCUT2D eigenvalue weighted by molar-refractivity contribution is 0.0354. The number of aliphatic hydroxyl groups is 1. The molecule has 1 aromatic carbocycles. The minimum Gasteiger partial charge on any atom is -0.394 e. The van der Waals surface area contributed by atoms with Crippen LogP contribution in [-0.2, 0) is 0 Å². The maximum Gasteiger partial charge on any atom is 0.257 e. The molecule has 1 aromatic rings. The Kier molecular flexibility index (Phi) is 4.58. The van der Waals surface area contributed by atoms with Gasteiger partial charge in [0.05, 0.1) is 18.2 Å². The summed E-state index contributed by atoms with van der Waals surface area (Å²) in [6.45, 7) is 2.50. The fourth-order valence-corrected chi connectivity index (χ4v) is 2.96. The quantitative estimate of drug-likeness (QED) is 0.906. The van der Waals surface area contributed by atoms with Crippen molar-refractivity contribution in [3.8, 4) is 0 Å². The lowest BCUT2D eigenvalue weighted by atomic mass is 9.90. The number of halogens is 2. The van der Waals surface area contributed by atoms with Gasteiger partial charge in [-0.3, -0.25) is 4.79 Å². The van der Waals surface area contributed by atoms with Crippen molar-refractivity contribution in [1.29, 1.82) is 0 Å².